The second-order valence-corrected chi connectivity index (χ2v) is 5.26. The van der Waals surface area contributed by atoms with Crippen molar-refractivity contribution in [1.82, 2.24) is 10.6 Å². The number of rotatable bonds is 3. The van der Waals surface area contributed by atoms with Gasteiger partial charge in [0.05, 0.1) is 12.6 Å². The second-order valence-electron chi connectivity index (χ2n) is 4.35. The maximum atomic E-state index is 12.0. The fraction of sp³-hybridized carbons (Fsp3) is 0.462. The van der Waals surface area contributed by atoms with E-state index in [4.69, 9.17) is 4.74 Å². The topological polar surface area (TPSA) is 50.4 Å². The van der Waals surface area contributed by atoms with Crippen molar-refractivity contribution in [3.05, 3.63) is 34.3 Å². The minimum Gasteiger partial charge on any atom is -0.366 e. The van der Waals surface area contributed by atoms with Gasteiger partial charge in [-0.25, -0.2) is 0 Å². The van der Waals surface area contributed by atoms with Crippen LogP contribution in [0, 0.1) is 0 Å². The largest absolute Gasteiger partial charge is 0.366 e. The van der Waals surface area contributed by atoms with Crippen molar-refractivity contribution in [2.24, 2.45) is 0 Å². The number of amides is 1. The molecular weight excluding hydrogens is 296 g/mol. The van der Waals surface area contributed by atoms with E-state index >= 15 is 0 Å². The average Bonchev–Trinajstić information content (AvgIpc) is 2.40. The minimum atomic E-state index is -0.378. The highest BCUT2D eigenvalue weighted by Gasteiger charge is 2.23. The highest BCUT2D eigenvalue weighted by Crippen LogP contribution is 2.16. The van der Waals surface area contributed by atoms with Crippen LogP contribution >= 0.6 is 15.9 Å². The molecule has 0 saturated carbocycles. The lowest BCUT2D eigenvalue weighted by atomic mass is 10.1. The first-order chi connectivity index (χ1) is 8.66. The molecule has 2 N–H and O–H groups in total. The maximum absolute atomic E-state index is 12.0. The van der Waals surface area contributed by atoms with E-state index in [1.165, 1.54) is 0 Å². The summed E-state index contributed by atoms with van der Waals surface area (Å²) in [4.78, 5) is 12.0. The lowest BCUT2D eigenvalue weighted by molar-refractivity contribution is -0.134. The van der Waals surface area contributed by atoms with Crippen LogP contribution < -0.4 is 10.6 Å². The monoisotopic (exact) mass is 312 g/mol. The van der Waals surface area contributed by atoms with E-state index in [1.54, 1.807) is 0 Å². The molecular formula is C13H17BrN2O2. The Morgan fingerprint density at radius 3 is 2.83 bits per heavy atom. The van der Waals surface area contributed by atoms with Crippen LogP contribution in [0.3, 0.4) is 0 Å². The van der Waals surface area contributed by atoms with Crippen LogP contribution in [0.1, 0.15) is 18.5 Å². The Morgan fingerprint density at radius 2 is 2.22 bits per heavy atom. The first kappa shape index (κ1) is 13.5. The van der Waals surface area contributed by atoms with Crippen LogP contribution in [0.15, 0.2) is 28.7 Å². The van der Waals surface area contributed by atoms with Crippen molar-refractivity contribution in [1.29, 1.82) is 0 Å². The molecule has 1 aliphatic rings. The highest BCUT2D eigenvalue weighted by atomic mass is 79.9. The Hall–Kier alpha value is -0.910. The summed E-state index contributed by atoms with van der Waals surface area (Å²) in [6.07, 6.45) is -0.378. The molecule has 2 rings (SSSR count). The molecule has 18 heavy (non-hydrogen) atoms. The van der Waals surface area contributed by atoms with Crippen molar-refractivity contribution < 1.29 is 9.53 Å². The molecule has 1 aliphatic heterocycles. The normalized spacial score (nSPS) is 21.3. The number of carbonyl (C=O) groups excluding carboxylic acids is 1. The van der Waals surface area contributed by atoms with Gasteiger partial charge in [-0.3, -0.25) is 4.79 Å². The van der Waals surface area contributed by atoms with Gasteiger partial charge in [0.25, 0.3) is 5.91 Å². The summed E-state index contributed by atoms with van der Waals surface area (Å²) in [5, 5.41) is 6.11. The molecule has 1 aromatic rings. The minimum absolute atomic E-state index is 0.0175. The Labute approximate surface area is 115 Å². The number of morpholine rings is 1. The SMILES string of the molecule is CC(NC(=O)C1CNCCO1)c1ccc(Br)cc1. The van der Waals surface area contributed by atoms with E-state index in [-0.39, 0.29) is 18.1 Å². The number of hydrogen-bond donors (Lipinski definition) is 2. The van der Waals surface area contributed by atoms with Crippen molar-refractivity contribution in [2.75, 3.05) is 19.7 Å². The van der Waals surface area contributed by atoms with Gasteiger partial charge in [0, 0.05) is 17.6 Å². The molecule has 1 saturated heterocycles. The van der Waals surface area contributed by atoms with E-state index in [1.807, 2.05) is 31.2 Å². The number of benzene rings is 1. The quantitative estimate of drug-likeness (QED) is 0.891. The van der Waals surface area contributed by atoms with E-state index in [0.29, 0.717) is 13.2 Å². The molecule has 1 amide bonds. The number of ether oxygens (including phenoxy) is 1. The molecule has 5 heteroatoms. The van der Waals surface area contributed by atoms with Crippen LogP contribution in [0.5, 0.6) is 0 Å². The molecule has 2 atom stereocenters. The van der Waals surface area contributed by atoms with E-state index in [2.05, 4.69) is 26.6 Å². The fourth-order valence-electron chi connectivity index (χ4n) is 1.87. The zero-order chi connectivity index (χ0) is 13.0. The van der Waals surface area contributed by atoms with Crippen LogP contribution in [-0.2, 0) is 9.53 Å². The number of halogens is 1. The van der Waals surface area contributed by atoms with Gasteiger partial charge in [-0.05, 0) is 24.6 Å². The molecule has 1 aromatic carbocycles. The van der Waals surface area contributed by atoms with Crippen LogP contribution in [0.25, 0.3) is 0 Å². The average molecular weight is 313 g/mol. The van der Waals surface area contributed by atoms with Crippen LogP contribution in [-0.4, -0.2) is 31.7 Å². The summed E-state index contributed by atoms with van der Waals surface area (Å²) in [6, 6.07) is 7.91. The fourth-order valence-corrected chi connectivity index (χ4v) is 2.14. The van der Waals surface area contributed by atoms with Crippen LogP contribution in [0.2, 0.25) is 0 Å². The molecule has 4 nitrogen and oxygen atoms in total. The molecule has 98 valence electrons. The lowest BCUT2D eigenvalue weighted by Gasteiger charge is -2.24. The van der Waals surface area contributed by atoms with E-state index < -0.39 is 0 Å². The smallest absolute Gasteiger partial charge is 0.250 e. The summed E-state index contributed by atoms with van der Waals surface area (Å²) in [7, 11) is 0. The Kier molecular flexibility index (Phi) is 4.74. The molecule has 2 unspecified atom stereocenters. The van der Waals surface area contributed by atoms with E-state index in [9.17, 15) is 4.79 Å². The van der Waals surface area contributed by atoms with Crippen molar-refractivity contribution >= 4 is 21.8 Å². The lowest BCUT2D eigenvalue weighted by Crippen LogP contribution is -2.48. The maximum Gasteiger partial charge on any atom is 0.250 e. The Bertz CT molecular complexity index is 402. The molecule has 1 fully saturated rings. The molecule has 0 aromatic heterocycles. The molecule has 0 bridgehead atoms. The number of nitrogens with one attached hydrogen (secondary N) is 2. The van der Waals surface area contributed by atoms with Crippen molar-refractivity contribution in [3.8, 4) is 0 Å². The van der Waals surface area contributed by atoms with E-state index in [0.717, 1.165) is 16.6 Å². The molecule has 0 radical (unpaired) electrons. The van der Waals surface area contributed by atoms with Crippen molar-refractivity contribution in [3.63, 3.8) is 0 Å². The van der Waals surface area contributed by atoms with Crippen molar-refractivity contribution in [2.45, 2.75) is 19.1 Å². The van der Waals surface area contributed by atoms with Gasteiger partial charge in [-0.15, -0.1) is 0 Å². The van der Waals surface area contributed by atoms with Gasteiger partial charge in [0.1, 0.15) is 6.10 Å². The zero-order valence-electron chi connectivity index (χ0n) is 10.3. The number of carbonyl (C=O) groups is 1. The predicted molar refractivity (Wildman–Crippen MR) is 73.3 cm³/mol. The van der Waals surface area contributed by atoms with Gasteiger partial charge in [0.2, 0.25) is 0 Å². The first-order valence-corrected chi connectivity index (χ1v) is 6.84. The Morgan fingerprint density at radius 1 is 1.50 bits per heavy atom. The summed E-state index contributed by atoms with van der Waals surface area (Å²) in [6.45, 7) is 3.95. The van der Waals surface area contributed by atoms with Crippen LogP contribution in [0.4, 0.5) is 0 Å². The molecule has 0 aliphatic carbocycles. The third-order valence-corrected chi connectivity index (χ3v) is 3.48. The Balaban J connectivity index is 1.91. The van der Waals surface area contributed by atoms with Gasteiger partial charge in [-0.1, -0.05) is 28.1 Å². The first-order valence-electron chi connectivity index (χ1n) is 6.05. The summed E-state index contributed by atoms with van der Waals surface area (Å²) in [5.74, 6) is -0.0578. The highest BCUT2D eigenvalue weighted by molar-refractivity contribution is 9.10. The standard InChI is InChI=1S/C13H17BrN2O2/c1-9(10-2-4-11(14)5-3-10)16-13(17)12-8-15-6-7-18-12/h2-5,9,12,15H,6-8H2,1H3,(H,16,17). The summed E-state index contributed by atoms with van der Waals surface area (Å²) in [5.41, 5.74) is 1.08. The van der Waals surface area contributed by atoms with Gasteiger partial charge in [-0.2, -0.15) is 0 Å². The summed E-state index contributed by atoms with van der Waals surface area (Å²) >= 11 is 3.39. The molecule has 1 heterocycles. The predicted octanol–water partition coefficient (Wildman–Crippen LogP) is 1.61. The molecule has 0 spiro atoms. The number of hydrogen-bond acceptors (Lipinski definition) is 3. The second kappa shape index (κ2) is 6.31. The summed E-state index contributed by atoms with van der Waals surface area (Å²) < 4.78 is 6.45. The van der Waals surface area contributed by atoms with Gasteiger partial charge < -0.3 is 15.4 Å². The van der Waals surface area contributed by atoms with Gasteiger partial charge >= 0.3 is 0 Å². The zero-order valence-corrected chi connectivity index (χ0v) is 11.9. The third kappa shape index (κ3) is 3.54. The third-order valence-electron chi connectivity index (χ3n) is 2.95. The van der Waals surface area contributed by atoms with Gasteiger partial charge in [0.15, 0.2) is 0 Å².